The van der Waals surface area contributed by atoms with Crippen LogP contribution in [0.5, 0.6) is 0 Å². The molecular formula is C55H87N13O15S. The maximum absolute atomic E-state index is 13.9. The highest BCUT2D eigenvalue weighted by molar-refractivity contribution is 8.00. The zero-order chi connectivity index (χ0) is 60.5. The molecule has 2 aromatic carbocycles. The van der Waals surface area contributed by atoms with E-state index < -0.39 is 36.0 Å². The highest BCUT2D eigenvalue weighted by Gasteiger charge is 2.42. The SMILES string of the molecule is O=C(O)CN1CCN(CO)CCN(CO)CCN(CC(=O)O)C(Cc2ccc(NC(=O)CN(CCCCC3SCC4NC(=O)NC43)CC(=O)Nc3ccc(CC4CN(CC(=O)O)CCN(CO)CCN(CO)CCN4CC(=O)O)cc3)cc2)C1. The smallest absolute Gasteiger partial charge is 0.317 e. The number of aliphatic hydroxyl groups is 4. The number of rotatable bonds is 27. The van der Waals surface area contributed by atoms with Crippen molar-refractivity contribution >= 4 is 64.9 Å². The Bertz CT molecular complexity index is 2280. The van der Waals surface area contributed by atoms with Crippen molar-refractivity contribution in [1.82, 2.24) is 54.7 Å². The molecule has 0 aliphatic carbocycles. The van der Waals surface area contributed by atoms with Crippen LogP contribution in [-0.2, 0) is 41.6 Å². The standard InChI is InChI=1S/C55H87N13O15S/c69-36-60-13-15-62(38-71)21-23-67(33-52(79)80)44(27-65(19-17-60)31-50(75)76)25-40-4-8-42(9-5-40)56-48(73)29-64(12-2-1-3-47-54-46(35-84-47)58-55(83)59-54)30-49(74)57-43-10-6-41(7-11-43)26-45-28-66(32-51(77)78)20-18-61(37-70)14-16-63(39-72)22-24-68(45)34-53(81)82/h4-11,44-47,54,69-72H,1-3,12-39H2,(H,56,73)(H,57,74)(H,75,76)(H,77,78)(H,79,80)(H,81,82)(H2,58,59,83). The van der Waals surface area contributed by atoms with Gasteiger partial charge in [-0.25, -0.2) is 4.79 Å². The number of hydrogen-bond donors (Lipinski definition) is 12. The number of nitrogens with zero attached hydrogens (tertiary/aromatic N) is 9. The van der Waals surface area contributed by atoms with E-state index in [1.807, 2.05) is 24.3 Å². The molecule has 5 unspecified atom stereocenters. The zero-order valence-electron chi connectivity index (χ0n) is 47.8. The van der Waals surface area contributed by atoms with E-state index in [0.717, 1.165) is 29.7 Å². The fourth-order valence-electron chi connectivity index (χ4n) is 11.2. The zero-order valence-corrected chi connectivity index (χ0v) is 48.6. The average Bonchev–Trinajstić information content (AvgIpc) is 3.77. The van der Waals surface area contributed by atoms with Gasteiger partial charge in [0.1, 0.15) is 0 Å². The highest BCUT2D eigenvalue weighted by Crippen LogP contribution is 2.33. The second-order valence-electron chi connectivity index (χ2n) is 22.1. The molecule has 2 aromatic rings. The summed E-state index contributed by atoms with van der Waals surface area (Å²) >= 11 is 1.81. The van der Waals surface area contributed by atoms with E-state index in [1.165, 1.54) is 0 Å². The summed E-state index contributed by atoms with van der Waals surface area (Å²) in [6.07, 6.45) is 2.91. The molecule has 12 N–H and O–H groups in total. The molecule has 0 spiro atoms. The molecule has 84 heavy (non-hydrogen) atoms. The number of carbonyl (C=O) groups excluding carboxylic acids is 3. The van der Waals surface area contributed by atoms with Gasteiger partial charge in [-0.05, 0) is 67.6 Å². The third-order valence-electron chi connectivity index (χ3n) is 15.8. The molecule has 28 nitrogen and oxygen atoms in total. The summed E-state index contributed by atoms with van der Waals surface area (Å²) in [6.45, 7) is 2.31. The van der Waals surface area contributed by atoms with Gasteiger partial charge >= 0.3 is 29.9 Å². The van der Waals surface area contributed by atoms with Crippen LogP contribution in [0.25, 0.3) is 0 Å². The summed E-state index contributed by atoms with van der Waals surface area (Å²) in [7, 11) is 0. The van der Waals surface area contributed by atoms with Gasteiger partial charge < -0.3 is 62.1 Å². The second-order valence-corrected chi connectivity index (χ2v) is 23.3. The lowest BCUT2D eigenvalue weighted by molar-refractivity contribution is -0.141. The predicted molar refractivity (Wildman–Crippen MR) is 312 cm³/mol. The first-order chi connectivity index (χ1) is 40.4. The van der Waals surface area contributed by atoms with E-state index in [1.54, 1.807) is 80.1 Å². The number of anilines is 2. The van der Waals surface area contributed by atoms with Crippen LogP contribution in [0, 0.1) is 0 Å². The van der Waals surface area contributed by atoms with Gasteiger partial charge in [-0.1, -0.05) is 30.7 Å². The molecule has 0 aromatic heterocycles. The first-order valence-corrected chi connectivity index (χ1v) is 29.7. The minimum absolute atomic E-state index is 0.0344. The Morgan fingerprint density at radius 3 is 1.27 bits per heavy atom. The van der Waals surface area contributed by atoms with Crippen molar-refractivity contribution in [2.45, 2.75) is 61.5 Å². The van der Waals surface area contributed by atoms with E-state index in [9.17, 15) is 74.4 Å². The van der Waals surface area contributed by atoms with Crippen LogP contribution in [0.15, 0.2) is 48.5 Å². The van der Waals surface area contributed by atoms with Crippen LogP contribution in [-0.4, -0.2) is 326 Å². The lowest BCUT2D eigenvalue weighted by atomic mass is 10.0. The number of hydrogen-bond acceptors (Lipinski definition) is 21. The lowest BCUT2D eigenvalue weighted by Gasteiger charge is -2.37. The van der Waals surface area contributed by atoms with E-state index in [4.69, 9.17) is 0 Å². The minimum Gasteiger partial charge on any atom is -0.480 e. The number of unbranched alkanes of at least 4 members (excludes halogenated alkanes) is 1. The number of nitrogens with one attached hydrogen (secondary N) is 4. The third kappa shape index (κ3) is 23.3. The van der Waals surface area contributed by atoms with Gasteiger partial charge in [0.15, 0.2) is 0 Å². The highest BCUT2D eigenvalue weighted by atomic mass is 32.2. The van der Waals surface area contributed by atoms with E-state index in [0.29, 0.717) is 89.5 Å². The molecule has 6 rings (SSSR count). The largest absolute Gasteiger partial charge is 0.480 e. The minimum atomic E-state index is -1.06. The number of carbonyl (C=O) groups is 7. The van der Waals surface area contributed by atoms with Crippen molar-refractivity contribution in [3.8, 4) is 0 Å². The lowest BCUT2D eigenvalue weighted by Crippen LogP contribution is -2.53. The summed E-state index contributed by atoms with van der Waals surface area (Å²) in [4.78, 5) is 104. The Morgan fingerprint density at radius 1 is 0.512 bits per heavy atom. The molecule has 4 aliphatic rings. The number of carboxylic acid groups (broad SMARTS) is 4. The quantitative estimate of drug-likeness (QED) is 0.0320. The van der Waals surface area contributed by atoms with E-state index in [-0.39, 0.29) is 141 Å². The van der Waals surface area contributed by atoms with E-state index in [2.05, 4.69) is 21.3 Å². The van der Waals surface area contributed by atoms with Gasteiger partial charge in [-0.2, -0.15) is 11.8 Å². The van der Waals surface area contributed by atoms with Crippen LogP contribution in [0.3, 0.4) is 0 Å². The fourth-order valence-corrected chi connectivity index (χ4v) is 12.8. The van der Waals surface area contributed by atoms with Gasteiger partial charge in [-0.15, -0.1) is 0 Å². The van der Waals surface area contributed by atoms with Crippen molar-refractivity contribution in [2.75, 3.05) is 181 Å². The number of fused-ring (bicyclic) bond motifs is 1. The van der Waals surface area contributed by atoms with Crippen molar-refractivity contribution in [2.24, 2.45) is 0 Å². The second kappa shape index (κ2) is 35.1. The van der Waals surface area contributed by atoms with Crippen LogP contribution in [0.4, 0.5) is 16.2 Å². The van der Waals surface area contributed by atoms with E-state index >= 15 is 0 Å². The first kappa shape index (κ1) is 67.5. The van der Waals surface area contributed by atoms with Crippen LogP contribution >= 0.6 is 11.8 Å². The molecule has 0 radical (unpaired) electrons. The molecule has 4 fully saturated rings. The Kier molecular flexibility index (Phi) is 28.2. The Labute approximate surface area is 494 Å². The molecule has 4 saturated heterocycles. The molecule has 0 bridgehead atoms. The molecule has 468 valence electrons. The maximum Gasteiger partial charge on any atom is 0.317 e. The topological polar surface area (TPSA) is 359 Å². The molecule has 0 saturated carbocycles. The van der Waals surface area contributed by atoms with Gasteiger partial charge in [0, 0.05) is 126 Å². The fraction of sp³-hybridized carbons (Fsp3) is 0.655. The van der Waals surface area contributed by atoms with Crippen LogP contribution < -0.4 is 21.3 Å². The molecule has 4 heterocycles. The van der Waals surface area contributed by atoms with Gasteiger partial charge in [0.2, 0.25) is 11.8 Å². The van der Waals surface area contributed by atoms with Gasteiger partial charge in [0.05, 0.1) is 78.3 Å². The summed E-state index contributed by atoms with van der Waals surface area (Å²) in [5, 5.41) is 91.9. The summed E-state index contributed by atoms with van der Waals surface area (Å²) in [6, 6.07) is 13.1. The summed E-state index contributed by atoms with van der Waals surface area (Å²) in [5.74, 6) is -4.16. The van der Waals surface area contributed by atoms with Gasteiger partial charge in [0.25, 0.3) is 0 Å². The molecule has 4 aliphatic heterocycles. The van der Waals surface area contributed by atoms with Crippen molar-refractivity contribution in [3.63, 3.8) is 0 Å². The summed E-state index contributed by atoms with van der Waals surface area (Å²) < 4.78 is 0. The van der Waals surface area contributed by atoms with Crippen LogP contribution in [0.2, 0.25) is 0 Å². The van der Waals surface area contributed by atoms with Crippen LogP contribution in [0.1, 0.15) is 30.4 Å². The number of amides is 4. The molecular weight excluding hydrogens is 1110 g/mol. The van der Waals surface area contributed by atoms with Gasteiger partial charge in [-0.3, -0.25) is 72.9 Å². The number of urea groups is 1. The first-order valence-electron chi connectivity index (χ1n) is 28.7. The number of aliphatic carboxylic acids is 4. The predicted octanol–water partition coefficient (Wildman–Crippen LogP) is -2.70. The third-order valence-corrected chi connectivity index (χ3v) is 17.3. The molecule has 29 heteroatoms. The van der Waals surface area contributed by atoms with Crippen molar-refractivity contribution in [3.05, 3.63) is 59.7 Å². The number of thioether (sulfide) groups is 1. The average molecular weight is 1200 g/mol. The number of carboxylic acids is 4. The maximum atomic E-state index is 13.9. The number of aliphatic hydroxyl groups excluding tert-OH is 4. The molecule has 4 amide bonds. The van der Waals surface area contributed by atoms with Crippen molar-refractivity contribution in [1.29, 1.82) is 0 Å². The Morgan fingerprint density at radius 2 is 0.893 bits per heavy atom. The van der Waals surface area contributed by atoms with Crippen molar-refractivity contribution < 1.29 is 74.4 Å². The normalized spacial score (nSPS) is 23.1. The Hall–Kier alpha value is -5.64. The monoisotopic (exact) mass is 1200 g/mol. The summed E-state index contributed by atoms with van der Waals surface area (Å²) in [5.41, 5.74) is 2.54. The molecule has 5 atom stereocenters. The Balaban J connectivity index is 1.13. The number of benzene rings is 2.